The Morgan fingerprint density at radius 3 is 2.42 bits per heavy atom. The first kappa shape index (κ1) is 14.3. The Hall–Kier alpha value is -1.16. The van der Waals surface area contributed by atoms with Gasteiger partial charge in [-0.25, -0.2) is 13.8 Å². The molecule has 0 saturated heterocycles. The van der Waals surface area contributed by atoms with Crippen molar-refractivity contribution in [3.8, 4) is 0 Å². The highest BCUT2D eigenvalue weighted by Crippen LogP contribution is 2.32. The van der Waals surface area contributed by atoms with E-state index in [0.29, 0.717) is 11.3 Å². The number of rotatable bonds is 4. The van der Waals surface area contributed by atoms with Gasteiger partial charge in [0.1, 0.15) is 11.3 Å². The number of fused-ring (bicyclic) bond motifs is 1. The standard InChI is InChI=1S/C14H17ClF2N2/c1-4-9(5-2)19-13-11(18-14(19)8(3)15)7-6-10(16)12(13)17/h6-9H,4-5H2,1-3H3. The van der Waals surface area contributed by atoms with E-state index in [9.17, 15) is 8.78 Å². The van der Waals surface area contributed by atoms with E-state index in [1.165, 1.54) is 6.07 Å². The molecule has 0 radical (unpaired) electrons. The minimum absolute atomic E-state index is 0.0671. The Labute approximate surface area is 116 Å². The smallest absolute Gasteiger partial charge is 0.184 e. The second-order valence-corrected chi connectivity index (χ2v) is 5.31. The van der Waals surface area contributed by atoms with Gasteiger partial charge < -0.3 is 4.57 Å². The van der Waals surface area contributed by atoms with E-state index < -0.39 is 11.6 Å². The average Bonchev–Trinajstić information content (AvgIpc) is 2.76. The van der Waals surface area contributed by atoms with Crippen LogP contribution < -0.4 is 0 Å². The van der Waals surface area contributed by atoms with Crippen molar-refractivity contribution < 1.29 is 8.78 Å². The molecule has 1 aromatic carbocycles. The number of hydrogen-bond acceptors (Lipinski definition) is 1. The van der Waals surface area contributed by atoms with Crippen LogP contribution >= 0.6 is 11.6 Å². The van der Waals surface area contributed by atoms with Crippen molar-refractivity contribution in [3.05, 3.63) is 29.6 Å². The molecule has 0 N–H and O–H groups in total. The maximum Gasteiger partial charge on any atom is 0.184 e. The molecule has 0 fully saturated rings. The summed E-state index contributed by atoms with van der Waals surface area (Å²) < 4.78 is 29.3. The monoisotopic (exact) mass is 286 g/mol. The van der Waals surface area contributed by atoms with Crippen LogP contribution in [0.2, 0.25) is 0 Å². The largest absolute Gasteiger partial charge is 0.321 e. The Kier molecular flexibility index (Phi) is 4.09. The average molecular weight is 287 g/mol. The zero-order valence-electron chi connectivity index (χ0n) is 11.3. The van der Waals surface area contributed by atoms with Crippen molar-refractivity contribution >= 4 is 22.6 Å². The van der Waals surface area contributed by atoms with Gasteiger partial charge in [0.2, 0.25) is 0 Å². The van der Waals surface area contributed by atoms with E-state index in [-0.39, 0.29) is 16.9 Å². The van der Waals surface area contributed by atoms with Crippen LogP contribution in [0.4, 0.5) is 8.78 Å². The Morgan fingerprint density at radius 2 is 1.89 bits per heavy atom. The highest BCUT2D eigenvalue weighted by molar-refractivity contribution is 6.20. The zero-order valence-corrected chi connectivity index (χ0v) is 12.0. The van der Waals surface area contributed by atoms with Crippen LogP contribution in [-0.2, 0) is 0 Å². The van der Waals surface area contributed by atoms with E-state index in [4.69, 9.17) is 11.6 Å². The Morgan fingerprint density at radius 1 is 1.26 bits per heavy atom. The molecule has 104 valence electrons. The number of benzene rings is 1. The second-order valence-electron chi connectivity index (χ2n) is 4.66. The number of halogens is 3. The van der Waals surface area contributed by atoms with Crippen molar-refractivity contribution in [2.45, 2.75) is 45.0 Å². The van der Waals surface area contributed by atoms with Gasteiger partial charge in [0.15, 0.2) is 11.6 Å². The highest BCUT2D eigenvalue weighted by atomic mass is 35.5. The summed E-state index contributed by atoms with van der Waals surface area (Å²) >= 11 is 6.13. The van der Waals surface area contributed by atoms with Crippen LogP contribution in [0.25, 0.3) is 11.0 Å². The van der Waals surface area contributed by atoms with E-state index in [1.807, 2.05) is 13.8 Å². The summed E-state index contributed by atoms with van der Waals surface area (Å²) in [7, 11) is 0. The predicted molar refractivity (Wildman–Crippen MR) is 73.5 cm³/mol. The van der Waals surface area contributed by atoms with Gasteiger partial charge in [-0.3, -0.25) is 0 Å². The van der Waals surface area contributed by atoms with Crippen LogP contribution in [0.15, 0.2) is 12.1 Å². The van der Waals surface area contributed by atoms with E-state index >= 15 is 0 Å². The van der Waals surface area contributed by atoms with Crippen molar-refractivity contribution in [2.75, 3.05) is 0 Å². The normalized spacial score (nSPS) is 13.4. The lowest BCUT2D eigenvalue weighted by molar-refractivity contribution is 0.453. The lowest BCUT2D eigenvalue weighted by Crippen LogP contribution is -2.12. The summed E-state index contributed by atoms with van der Waals surface area (Å²) in [6.45, 7) is 5.82. The summed E-state index contributed by atoms with van der Waals surface area (Å²) in [4.78, 5) is 4.36. The molecule has 1 aromatic heterocycles. The summed E-state index contributed by atoms with van der Waals surface area (Å²) in [6.07, 6.45) is 1.63. The number of alkyl halides is 1. The molecule has 1 atom stereocenters. The van der Waals surface area contributed by atoms with Crippen LogP contribution in [0, 0.1) is 11.6 Å². The minimum Gasteiger partial charge on any atom is -0.321 e. The van der Waals surface area contributed by atoms with Crippen LogP contribution in [0.3, 0.4) is 0 Å². The van der Waals surface area contributed by atoms with Crippen molar-refractivity contribution in [2.24, 2.45) is 0 Å². The molecule has 2 rings (SSSR count). The molecule has 0 aliphatic rings. The molecule has 0 aliphatic heterocycles. The molecule has 0 saturated carbocycles. The molecule has 5 heteroatoms. The predicted octanol–water partition coefficient (Wildman–Crippen LogP) is 4.98. The minimum atomic E-state index is -0.853. The Balaban J connectivity index is 2.81. The third-order valence-electron chi connectivity index (χ3n) is 3.43. The summed E-state index contributed by atoms with van der Waals surface area (Å²) in [5.41, 5.74) is 0.671. The van der Waals surface area contributed by atoms with Gasteiger partial charge in [0.05, 0.1) is 10.9 Å². The van der Waals surface area contributed by atoms with Crippen molar-refractivity contribution in [1.82, 2.24) is 9.55 Å². The van der Waals surface area contributed by atoms with Crippen molar-refractivity contribution in [3.63, 3.8) is 0 Å². The van der Waals surface area contributed by atoms with Gasteiger partial charge >= 0.3 is 0 Å². The summed E-state index contributed by atoms with van der Waals surface area (Å²) in [6, 6.07) is 2.66. The maximum atomic E-state index is 14.1. The maximum absolute atomic E-state index is 14.1. The fourth-order valence-corrected chi connectivity index (χ4v) is 2.60. The van der Waals surface area contributed by atoms with Crippen LogP contribution in [0.5, 0.6) is 0 Å². The fourth-order valence-electron chi connectivity index (χ4n) is 2.45. The first-order valence-corrected chi connectivity index (χ1v) is 6.94. The molecular weight excluding hydrogens is 270 g/mol. The van der Waals surface area contributed by atoms with Gasteiger partial charge in [-0.15, -0.1) is 11.6 Å². The molecule has 1 heterocycles. The van der Waals surface area contributed by atoms with Crippen LogP contribution in [0.1, 0.15) is 50.9 Å². The number of hydrogen-bond donors (Lipinski definition) is 0. The SMILES string of the molecule is CCC(CC)n1c(C(C)Cl)nc2ccc(F)c(F)c21. The van der Waals surface area contributed by atoms with E-state index in [0.717, 1.165) is 18.9 Å². The van der Waals surface area contributed by atoms with Gasteiger partial charge in [0.25, 0.3) is 0 Å². The van der Waals surface area contributed by atoms with Gasteiger partial charge in [-0.1, -0.05) is 13.8 Å². The number of nitrogens with zero attached hydrogens (tertiary/aromatic N) is 2. The third kappa shape index (κ3) is 2.34. The molecule has 19 heavy (non-hydrogen) atoms. The lowest BCUT2D eigenvalue weighted by Gasteiger charge is -2.20. The summed E-state index contributed by atoms with van der Waals surface area (Å²) in [5.74, 6) is -1.11. The molecule has 0 spiro atoms. The van der Waals surface area contributed by atoms with E-state index in [2.05, 4.69) is 4.98 Å². The molecule has 1 unspecified atom stereocenters. The second kappa shape index (κ2) is 5.45. The first-order chi connectivity index (χ1) is 9.01. The van der Waals surface area contributed by atoms with Crippen LogP contribution in [-0.4, -0.2) is 9.55 Å². The Bertz CT molecular complexity index is 589. The van der Waals surface area contributed by atoms with E-state index in [1.54, 1.807) is 11.5 Å². The molecule has 0 aliphatic carbocycles. The first-order valence-electron chi connectivity index (χ1n) is 6.51. The van der Waals surface area contributed by atoms with Gasteiger partial charge in [0, 0.05) is 6.04 Å². The highest BCUT2D eigenvalue weighted by Gasteiger charge is 2.23. The van der Waals surface area contributed by atoms with Gasteiger partial charge in [-0.05, 0) is 31.9 Å². The number of aromatic nitrogens is 2. The molecule has 2 aromatic rings. The zero-order chi connectivity index (χ0) is 14.2. The molecular formula is C14H17ClF2N2. The van der Waals surface area contributed by atoms with Crippen molar-refractivity contribution in [1.29, 1.82) is 0 Å². The fraction of sp³-hybridized carbons (Fsp3) is 0.500. The number of imidazole rings is 1. The summed E-state index contributed by atoms with van der Waals surface area (Å²) in [5, 5.41) is -0.351. The van der Waals surface area contributed by atoms with Gasteiger partial charge in [-0.2, -0.15) is 0 Å². The molecule has 2 nitrogen and oxygen atoms in total. The third-order valence-corrected chi connectivity index (χ3v) is 3.63. The molecule has 0 bridgehead atoms. The molecule has 0 amide bonds. The lowest BCUT2D eigenvalue weighted by atomic mass is 10.1. The topological polar surface area (TPSA) is 17.8 Å². The quantitative estimate of drug-likeness (QED) is 0.725.